The first kappa shape index (κ1) is 25.3. The third-order valence-corrected chi connectivity index (χ3v) is 9.00. The summed E-state index contributed by atoms with van der Waals surface area (Å²) in [6, 6.07) is 5.62. The lowest BCUT2D eigenvalue weighted by atomic mass is 10.1. The SMILES string of the molecule is Cc1ccnc(C2CC2C(=O)Nc2cc(N[C@H](C)c3cn4cc(C5CC5)cc(N5CC6CC6C5=O)c4n3)nc(C)n2)n1. The van der Waals surface area contributed by atoms with Crippen LogP contribution in [0.15, 0.2) is 36.8 Å². The molecular formula is C31H33N9O2. The molecule has 0 radical (unpaired) electrons. The highest BCUT2D eigenvalue weighted by atomic mass is 16.2. The zero-order chi connectivity index (χ0) is 28.7. The fourth-order valence-electron chi connectivity index (χ4n) is 6.30. The Labute approximate surface area is 243 Å². The van der Waals surface area contributed by atoms with Gasteiger partial charge in [0.25, 0.3) is 0 Å². The number of amides is 2. The van der Waals surface area contributed by atoms with Crippen LogP contribution in [0, 0.1) is 31.6 Å². The predicted octanol–water partition coefficient (Wildman–Crippen LogP) is 4.31. The molecule has 2 N–H and O–H groups in total. The first-order chi connectivity index (χ1) is 20.3. The lowest BCUT2D eigenvalue weighted by Crippen LogP contribution is -2.28. The van der Waals surface area contributed by atoms with Crippen molar-refractivity contribution in [2.24, 2.45) is 17.8 Å². The fourth-order valence-corrected chi connectivity index (χ4v) is 6.30. The van der Waals surface area contributed by atoms with E-state index in [1.165, 1.54) is 18.4 Å². The monoisotopic (exact) mass is 563 g/mol. The largest absolute Gasteiger partial charge is 0.362 e. The van der Waals surface area contributed by atoms with Gasteiger partial charge < -0.3 is 19.9 Å². The lowest BCUT2D eigenvalue weighted by molar-refractivity contribution is -0.119. The van der Waals surface area contributed by atoms with Gasteiger partial charge in [-0.1, -0.05) is 0 Å². The van der Waals surface area contributed by atoms with E-state index in [1.54, 1.807) is 19.2 Å². The van der Waals surface area contributed by atoms with Crippen molar-refractivity contribution in [3.8, 4) is 0 Å². The van der Waals surface area contributed by atoms with Gasteiger partial charge in [0.2, 0.25) is 11.8 Å². The number of pyridine rings is 1. The minimum atomic E-state index is -0.172. The zero-order valence-electron chi connectivity index (χ0n) is 23.9. The maximum absolute atomic E-state index is 13.0. The lowest BCUT2D eigenvalue weighted by Gasteiger charge is -2.20. The number of hydrogen-bond donors (Lipinski definition) is 2. The molecule has 4 aliphatic rings. The van der Waals surface area contributed by atoms with Crippen LogP contribution in [0.1, 0.15) is 79.1 Å². The van der Waals surface area contributed by atoms with Crippen molar-refractivity contribution in [2.75, 3.05) is 22.1 Å². The second-order valence-electron chi connectivity index (χ2n) is 12.4. The first-order valence-electron chi connectivity index (χ1n) is 14.9. The Morgan fingerprint density at radius 3 is 2.62 bits per heavy atom. The van der Waals surface area contributed by atoms with Gasteiger partial charge in [-0.3, -0.25) is 9.59 Å². The molecule has 2 amide bonds. The van der Waals surface area contributed by atoms with Crippen LogP contribution in [0.4, 0.5) is 17.3 Å². The van der Waals surface area contributed by atoms with Crippen molar-refractivity contribution in [2.45, 2.75) is 64.3 Å². The Kier molecular flexibility index (Phi) is 5.61. The van der Waals surface area contributed by atoms with Gasteiger partial charge in [0.15, 0.2) is 5.65 Å². The molecule has 5 heterocycles. The van der Waals surface area contributed by atoms with E-state index in [0.29, 0.717) is 29.3 Å². The standard InChI is InChI=1S/C31H33N9O2/c1-15-6-7-32-28(33-15)22-10-23(22)30(41)38-27-11-26(35-17(3)36-27)34-16(2)24-14-39-12-19(18-4-5-18)9-25(29(39)37-24)40-13-20-8-21(20)31(40)42/h6-7,9,11-12,14,16,18,20-23H,4-5,8,10,13H2,1-3H3,(H2,34,35,36,38,41)/t16-,20?,21?,22?,23?/m1/s1. The average Bonchev–Trinajstić information content (AvgIpc) is 3.86. The summed E-state index contributed by atoms with van der Waals surface area (Å²) in [5, 5.41) is 6.41. The van der Waals surface area contributed by atoms with E-state index in [1.807, 2.05) is 31.0 Å². The summed E-state index contributed by atoms with van der Waals surface area (Å²) in [5.41, 5.74) is 4.75. The number of aromatic nitrogens is 6. The van der Waals surface area contributed by atoms with E-state index in [2.05, 4.69) is 47.2 Å². The van der Waals surface area contributed by atoms with Crippen molar-refractivity contribution in [3.05, 3.63) is 65.4 Å². The maximum Gasteiger partial charge on any atom is 0.230 e. The molecule has 4 unspecified atom stereocenters. The van der Waals surface area contributed by atoms with Crippen molar-refractivity contribution >= 4 is 34.8 Å². The summed E-state index contributed by atoms with van der Waals surface area (Å²) in [5.74, 6) is 3.60. The van der Waals surface area contributed by atoms with Gasteiger partial charge in [0.1, 0.15) is 23.3 Å². The summed E-state index contributed by atoms with van der Waals surface area (Å²) in [6.07, 6.45) is 10.1. The number of piperidine rings is 1. The first-order valence-corrected chi connectivity index (χ1v) is 14.9. The van der Waals surface area contributed by atoms with Crippen LogP contribution in [-0.2, 0) is 9.59 Å². The number of nitrogens with one attached hydrogen (secondary N) is 2. The fraction of sp³-hybridized carbons (Fsp3) is 0.452. The van der Waals surface area contributed by atoms with Gasteiger partial charge in [0, 0.05) is 54.6 Å². The number of carbonyl (C=O) groups is 2. The van der Waals surface area contributed by atoms with E-state index in [0.717, 1.165) is 47.9 Å². The van der Waals surface area contributed by atoms with Crippen LogP contribution in [0.3, 0.4) is 0 Å². The van der Waals surface area contributed by atoms with E-state index >= 15 is 0 Å². The summed E-state index contributed by atoms with van der Waals surface area (Å²) < 4.78 is 2.08. The quantitative estimate of drug-likeness (QED) is 0.324. The van der Waals surface area contributed by atoms with Crippen molar-refractivity contribution < 1.29 is 9.59 Å². The van der Waals surface area contributed by atoms with Gasteiger partial charge in [-0.25, -0.2) is 24.9 Å². The zero-order valence-corrected chi connectivity index (χ0v) is 23.9. The summed E-state index contributed by atoms with van der Waals surface area (Å²) >= 11 is 0. The molecular weight excluding hydrogens is 530 g/mol. The van der Waals surface area contributed by atoms with Crippen LogP contribution in [0.5, 0.6) is 0 Å². The van der Waals surface area contributed by atoms with Crippen LogP contribution >= 0.6 is 0 Å². The van der Waals surface area contributed by atoms with Crippen LogP contribution < -0.4 is 15.5 Å². The number of imidazole rings is 1. The third-order valence-electron chi connectivity index (χ3n) is 9.00. The number of nitrogens with zero attached hydrogens (tertiary/aromatic N) is 7. The van der Waals surface area contributed by atoms with Crippen LogP contribution in [0.25, 0.3) is 5.65 Å². The van der Waals surface area contributed by atoms with Crippen molar-refractivity contribution in [1.29, 1.82) is 0 Å². The minimum Gasteiger partial charge on any atom is -0.362 e. The normalized spacial score (nSPS) is 24.9. The van der Waals surface area contributed by atoms with Gasteiger partial charge in [-0.05, 0) is 76.0 Å². The molecule has 11 heteroatoms. The molecule has 0 spiro atoms. The molecule has 8 rings (SSSR count). The Hall–Kier alpha value is -4.41. The maximum atomic E-state index is 13.0. The molecule has 1 saturated heterocycles. The van der Waals surface area contributed by atoms with Crippen LogP contribution in [0.2, 0.25) is 0 Å². The van der Waals surface area contributed by atoms with Gasteiger partial charge in [0.05, 0.1) is 17.4 Å². The Balaban J connectivity index is 1.01. The Morgan fingerprint density at radius 2 is 1.86 bits per heavy atom. The molecule has 5 atom stereocenters. The molecule has 0 bridgehead atoms. The smallest absolute Gasteiger partial charge is 0.230 e. The van der Waals surface area contributed by atoms with Crippen molar-refractivity contribution in [1.82, 2.24) is 29.3 Å². The van der Waals surface area contributed by atoms with E-state index in [4.69, 9.17) is 4.98 Å². The number of hydrogen-bond acceptors (Lipinski definition) is 8. The minimum absolute atomic E-state index is 0.0347. The molecule has 4 aromatic rings. The van der Waals surface area contributed by atoms with Crippen molar-refractivity contribution in [3.63, 3.8) is 0 Å². The number of rotatable bonds is 8. The Bertz CT molecular complexity index is 1760. The van der Waals surface area contributed by atoms with E-state index < -0.39 is 0 Å². The summed E-state index contributed by atoms with van der Waals surface area (Å²) in [6.45, 7) is 6.55. The van der Waals surface area contributed by atoms with Crippen LogP contribution in [-0.4, -0.2) is 47.7 Å². The second-order valence-corrected chi connectivity index (χ2v) is 12.4. The van der Waals surface area contributed by atoms with E-state index in [9.17, 15) is 9.59 Å². The third kappa shape index (κ3) is 4.56. The molecule has 3 aliphatic carbocycles. The Morgan fingerprint density at radius 1 is 1.02 bits per heavy atom. The predicted molar refractivity (Wildman–Crippen MR) is 156 cm³/mol. The number of anilines is 3. The highest BCUT2D eigenvalue weighted by Gasteiger charge is 2.53. The highest BCUT2D eigenvalue weighted by Crippen LogP contribution is 2.49. The van der Waals surface area contributed by atoms with Gasteiger partial charge in [-0.2, -0.15) is 0 Å². The average molecular weight is 564 g/mol. The highest BCUT2D eigenvalue weighted by molar-refractivity contribution is 6.02. The van der Waals surface area contributed by atoms with Gasteiger partial charge >= 0.3 is 0 Å². The van der Waals surface area contributed by atoms with E-state index in [-0.39, 0.29) is 35.6 Å². The molecule has 3 saturated carbocycles. The molecule has 4 fully saturated rings. The summed E-state index contributed by atoms with van der Waals surface area (Å²) in [7, 11) is 0. The number of aryl methyl sites for hydroxylation is 2. The molecule has 214 valence electrons. The van der Waals surface area contributed by atoms with Gasteiger partial charge in [-0.15, -0.1) is 0 Å². The number of fused-ring (bicyclic) bond motifs is 2. The molecule has 11 nitrogen and oxygen atoms in total. The summed E-state index contributed by atoms with van der Waals surface area (Å²) in [4.78, 5) is 50.8. The molecule has 1 aliphatic heterocycles. The molecule has 42 heavy (non-hydrogen) atoms. The molecule has 4 aromatic heterocycles. The number of carbonyl (C=O) groups excluding carboxylic acids is 2. The second kappa shape index (κ2) is 9.30. The topological polar surface area (TPSA) is 130 Å². The molecule has 0 aromatic carbocycles.